The first-order chi connectivity index (χ1) is 16.0. The zero-order valence-corrected chi connectivity index (χ0v) is 21.7. The highest BCUT2D eigenvalue weighted by atomic mass is 16.5. The van der Waals surface area contributed by atoms with Gasteiger partial charge in [0.25, 0.3) is 0 Å². The van der Waals surface area contributed by atoms with Gasteiger partial charge in [0.15, 0.2) is 0 Å². The van der Waals surface area contributed by atoms with Gasteiger partial charge in [0.2, 0.25) is 5.91 Å². The summed E-state index contributed by atoms with van der Waals surface area (Å²) in [5.41, 5.74) is 11.8. The molecular weight excluding hydrogens is 432 g/mol. The van der Waals surface area contributed by atoms with Crippen molar-refractivity contribution in [2.45, 2.75) is 91.3 Å². The van der Waals surface area contributed by atoms with Crippen molar-refractivity contribution in [3.8, 4) is 0 Å². The average Bonchev–Trinajstić information content (AvgIpc) is 3.38. The summed E-state index contributed by atoms with van der Waals surface area (Å²) in [6, 6.07) is -0.890. The third-order valence-electron chi connectivity index (χ3n) is 7.20. The van der Waals surface area contributed by atoms with Crippen LogP contribution in [0, 0.1) is 28.6 Å². The number of likely N-dealkylation sites (tertiary alicyclic amines) is 1. The van der Waals surface area contributed by atoms with Gasteiger partial charge >= 0.3 is 6.02 Å². The number of amidine groups is 2. The summed E-state index contributed by atoms with van der Waals surface area (Å²) in [7, 11) is 0. The number of carbonyl (C=O) groups is 1. The maximum Gasteiger partial charge on any atom is 0.313 e. The summed E-state index contributed by atoms with van der Waals surface area (Å²) in [4.78, 5) is 23.6. The van der Waals surface area contributed by atoms with E-state index >= 15 is 0 Å². The summed E-state index contributed by atoms with van der Waals surface area (Å²) in [5.74, 6) is 1.73. The molecule has 0 aromatic carbocycles. The number of hydrogen-bond donors (Lipinski definition) is 4. The third kappa shape index (κ3) is 8.05. The number of ether oxygens (including phenoxy) is 1. The first-order valence-electron chi connectivity index (χ1n) is 12.7. The number of nitrogens with two attached hydrogens (primary N) is 2. The van der Waals surface area contributed by atoms with E-state index in [9.17, 15) is 9.90 Å². The molecule has 1 aliphatic heterocycles. The smallest absolute Gasteiger partial charge is 0.313 e. The molecule has 1 saturated heterocycles. The standard InChI is InChI=1S/C25H46N6O3/c1-16-13-18(16)9-7-6-8-12-29-24(30-21(27)10-11-26)34-20-14-31(19(15-32)17(20)2)23(33)22(28)25(3,4)5/h11,16-20,22,26,32H,6-10,12-15,28H2,1-5H3,(H2,27,29,30). The molecule has 9 nitrogen and oxygen atoms in total. The van der Waals surface area contributed by atoms with Crippen LogP contribution < -0.4 is 11.5 Å². The highest BCUT2D eigenvalue weighted by Crippen LogP contribution is 2.41. The number of carbonyl (C=O) groups excluding carboxylic acids is 1. The van der Waals surface area contributed by atoms with Crippen LogP contribution in [0.4, 0.5) is 0 Å². The van der Waals surface area contributed by atoms with Crippen molar-refractivity contribution < 1.29 is 14.6 Å². The molecule has 1 heterocycles. The van der Waals surface area contributed by atoms with Gasteiger partial charge in [-0.1, -0.05) is 53.9 Å². The zero-order chi connectivity index (χ0) is 25.5. The molecule has 2 aliphatic rings. The van der Waals surface area contributed by atoms with Crippen LogP contribution in [0.3, 0.4) is 0 Å². The maximum absolute atomic E-state index is 13.1. The van der Waals surface area contributed by atoms with E-state index in [0.29, 0.717) is 13.1 Å². The number of rotatable bonds is 11. The number of aliphatic imine (C=N–C) groups is 2. The third-order valence-corrected chi connectivity index (χ3v) is 7.20. The monoisotopic (exact) mass is 478 g/mol. The van der Waals surface area contributed by atoms with Crippen molar-refractivity contribution >= 4 is 24.0 Å². The van der Waals surface area contributed by atoms with Crippen molar-refractivity contribution in [3.05, 3.63) is 0 Å². The lowest BCUT2D eigenvalue weighted by molar-refractivity contribution is -0.137. The first-order valence-corrected chi connectivity index (χ1v) is 12.7. The van der Waals surface area contributed by atoms with E-state index in [1.807, 2.05) is 27.7 Å². The molecule has 0 aromatic rings. The van der Waals surface area contributed by atoms with Gasteiger partial charge in [-0.25, -0.2) is 4.99 Å². The molecule has 34 heavy (non-hydrogen) atoms. The molecule has 194 valence electrons. The second-order valence-corrected chi connectivity index (χ2v) is 11.1. The van der Waals surface area contributed by atoms with Crippen molar-refractivity contribution in [3.63, 3.8) is 0 Å². The minimum Gasteiger partial charge on any atom is -0.458 e. The van der Waals surface area contributed by atoms with Crippen molar-refractivity contribution in [1.82, 2.24) is 4.90 Å². The molecule has 6 atom stereocenters. The molecule has 0 aromatic heterocycles. The van der Waals surface area contributed by atoms with Crippen LogP contribution in [-0.4, -0.2) is 71.9 Å². The van der Waals surface area contributed by atoms with E-state index in [-0.39, 0.29) is 48.9 Å². The molecule has 1 aliphatic carbocycles. The Morgan fingerprint density at radius 3 is 2.53 bits per heavy atom. The lowest BCUT2D eigenvalue weighted by Crippen LogP contribution is -2.53. The van der Waals surface area contributed by atoms with Gasteiger partial charge in [-0.15, -0.1) is 0 Å². The van der Waals surface area contributed by atoms with E-state index in [0.717, 1.165) is 24.7 Å². The summed E-state index contributed by atoms with van der Waals surface area (Å²) in [6.45, 7) is 10.7. The minimum atomic E-state index is -0.680. The van der Waals surface area contributed by atoms with E-state index in [4.69, 9.17) is 21.6 Å². The molecule has 0 spiro atoms. The van der Waals surface area contributed by atoms with Crippen LogP contribution in [0.1, 0.15) is 73.1 Å². The Kier molecular flexibility index (Phi) is 10.5. The Labute approximate surface area is 204 Å². The summed E-state index contributed by atoms with van der Waals surface area (Å²) in [6.07, 6.45) is 6.93. The Morgan fingerprint density at radius 1 is 1.29 bits per heavy atom. The largest absolute Gasteiger partial charge is 0.458 e. The van der Waals surface area contributed by atoms with Gasteiger partial charge in [0.1, 0.15) is 11.9 Å². The Hall–Kier alpha value is -2.00. The van der Waals surface area contributed by atoms with E-state index in [2.05, 4.69) is 16.9 Å². The fourth-order valence-corrected chi connectivity index (χ4v) is 4.42. The normalized spacial score (nSPS) is 28.7. The predicted octanol–water partition coefficient (Wildman–Crippen LogP) is 2.55. The average molecular weight is 479 g/mol. The second-order valence-electron chi connectivity index (χ2n) is 11.1. The van der Waals surface area contributed by atoms with Gasteiger partial charge in [0, 0.05) is 25.1 Å². The summed E-state index contributed by atoms with van der Waals surface area (Å²) < 4.78 is 6.15. The highest BCUT2D eigenvalue weighted by Gasteiger charge is 2.45. The van der Waals surface area contributed by atoms with Crippen LogP contribution in [-0.2, 0) is 9.53 Å². The predicted molar refractivity (Wildman–Crippen MR) is 137 cm³/mol. The molecule has 2 rings (SSSR count). The van der Waals surface area contributed by atoms with Gasteiger partial charge in [-0.05, 0) is 30.1 Å². The van der Waals surface area contributed by atoms with Crippen LogP contribution in [0.2, 0.25) is 0 Å². The molecule has 6 unspecified atom stereocenters. The molecular formula is C25H46N6O3. The SMILES string of the molecule is CC1CC1CCCCCN=C(N=C(N)CC=N)OC1CN(C(=O)C(N)C(C)(C)C)C(CO)C1C. The number of nitrogens with zero attached hydrogens (tertiary/aromatic N) is 3. The molecule has 1 amide bonds. The first kappa shape index (κ1) is 28.2. The summed E-state index contributed by atoms with van der Waals surface area (Å²) >= 11 is 0. The number of aliphatic hydroxyl groups excluding tert-OH is 1. The fourth-order valence-electron chi connectivity index (χ4n) is 4.42. The molecule has 0 bridgehead atoms. The topological polar surface area (TPSA) is 150 Å². The maximum atomic E-state index is 13.1. The van der Waals surface area contributed by atoms with Gasteiger partial charge in [-0.3, -0.25) is 4.79 Å². The van der Waals surface area contributed by atoms with Crippen LogP contribution in [0.25, 0.3) is 0 Å². The lowest BCUT2D eigenvalue weighted by atomic mass is 9.86. The van der Waals surface area contributed by atoms with Crippen LogP contribution >= 0.6 is 0 Å². The molecule has 0 radical (unpaired) electrons. The fraction of sp³-hybridized carbons (Fsp3) is 0.840. The van der Waals surface area contributed by atoms with Gasteiger partial charge in [-0.2, -0.15) is 4.99 Å². The summed E-state index contributed by atoms with van der Waals surface area (Å²) in [5, 5.41) is 17.3. The van der Waals surface area contributed by atoms with Crippen LogP contribution in [0.15, 0.2) is 9.98 Å². The number of aliphatic hydroxyl groups is 1. The molecule has 9 heteroatoms. The van der Waals surface area contributed by atoms with Crippen molar-refractivity contribution in [1.29, 1.82) is 5.41 Å². The van der Waals surface area contributed by atoms with Gasteiger partial charge in [0.05, 0.1) is 25.2 Å². The van der Waals surface area contributed by atoms with Crippen molar-refractivity contribution in [2.24, 2.45) is 44.6 Å². The quantitative estimate of drug-likeness (QED) is 0.204. The van der Waals surface area contributed by atoms with E-state index in [1.165, 1.54) is 25.5 Å². The second kappa shape index (κ2) is 12.6. The Bertz CT molecular complexity index is 747. The minimum absolute atomic E-state index is 0.133. The number of nitrogens with one attached hydrogen (secondary N) is 1. The lowest BCUT2D eigenvalue weighted by Gasteiger charge is -2.32. The Morgan fingerprint density at radius 2 is 1.97 bits per heavy atom. The molecule has 1 saturated carbocycles. The highest BCUT2D eigenvalue weighted by molar-refractivity contribution is 5.98. The zero-order valence-electron chi connectivity index (χ0n) is 21.7. The number of hydrogen-bond acceptors (Lipinski definition) is 6. The van der Waals surface area contributed by atoms with Gasteiger partial charge < -0.3 is 31.6 Å². The number of unbranched alkanes of at least 4 members (excludes halogenated alkanes) is 2. The Balaban J connectivity index is 2.03. The number of amides is 1. The van der Waals surface area contributed by atoms with E-state index < -0.39 is 11.5 Å². The molecule has 2 fully saturated rings. The molecule has 6 N–H and O–H groups in total. The van der Waals surface area contributed by atoms with Crippen LogP contribution in [0.5, 0.6) is 0 Å². The van der Waals surface area contributed by atoms with E-state index in [1.54, 1.807) is 4.90 Å². The van der Waals surface area contributed by atoms with Crippen molar-refractivity contribution in [2.75, 3.05) is 19.7 Å².